The molecule has 0 saturated carbocycles. The second-order valence-corrected chi connectivity index (χ2v) is 6.35. The molecule has 1 saturated heterocycles. The minimum atomic E-state index is 0.692. The number of hydrogen-bond acceptors (Lipinski definition) is 4. The lowest BCUT2D eigenvalue weighted by Gasteiger charge is -2.06. The van der Waals surface area contributed by atoms with Crippen molar-refractivity contribution in [2.45, 2.75) is 23.2 Å². The van der Waals surface area contributed by atoms with Gasteiger partial charge in [0, 0.05) is 11.8 Å². The van der Waals surface area contributed by atoms with E-state index in [9.17, 15) is 0 Å². The molecular formula is C12H14N2S2. The van der Waals surface area contributed by atoms with Gasteiger partial charge < -0.3 is 5.32 Å². The third-order valence-corrected chi connectivity index (χ3v) is 5.19. The lowest BCUT2D eigenvalue weighted by atomic mass is 10.3. The molecule has 84 valence electrons. The van der Waals surface area contributed by atoms with Gasteiger partial charge in [0.15, 0.2) is 4.34 Å². The van der Waals surface area contributed by atoms with E-state index < -0.39 is 0 Å². The van der Waals surface area contributed by atoms with E-state index in [1.54, 1.807) is 11.3 Å². The maximum Gasteiger partial charge on any atom is 0.151 e. The van der Waals surface area contributed by atoms with Gasteiger partial charge in [0.1, 0.15) is 0 Å². The van der Waals surface area contributed by atoms with E-state index in [1.807, 2.05) is 11.8 Å². The lowest BCUT2D eigenvalue weighted by molar-refractivity contribution is 0.674. The molecule has 1 aromatic heterocycles. The minimum absolute atomic E-state index is 0.692. The van der Waals surface area contributed by atoms with Gasteiger partial charge in [-0.2, -0.15) is 0 Å². The average molecular weight is 250 g/mol. The molecule has 1 fully saturated rings. The van der Waals surface area contributed by atoms with Crippen molar-refractivity contribution in [2.75, 3.05) is 12.3 Å². The molecule has 16 heavy (non-hydrogen) atoms. The molecular weight excluding hydrogens is 236 g/mol. The Labute approximate surface area is 103 Å². The Morgan fingerprint density at radius 2 is 2.38 bits per heavy atom. The zero-order chi connectivity index (χ0) is 10.8. The van der Waals surface area contributed by atoms with Gasteiger partial charge >= 0.3 is 0 Å². The van der Waals surface area contributed by atoms with Crippen molar-refractivity contribution in [2.24, 2.45) is 0 Å². The first-order chi connectivity index (χ1) is 7.92. The van der Waals surface area contributed by atoms with Gasteiger partial charge in [0.05, 0.1) is 10.2 Å². The quantitative estimate of drug-likeness (QED) is 0.847. The number of thioether (sulfide) groups is 1. The molecule has 2 nitrogen and oxygen atoms in total. The van der Waals surface area contributed by atoms with Crippen LogP contribution in [0.25, 0.3) is 10.2 Å². The normalized spacial score (nSPS) is 20.6. The summed E-state index contributed by atoms with van der Waals surface area (Å²) in [7, 11) is 0. The minimum Gasteiger partial charge on any atom is -0.313 e. The Bertz CT molecular complexity index is 442. The standard InChI is InChI=1S/C12H14N2S2/c1-2-6-11-10(5-1)14-12(16-11)15-8-9-4-3-7-13-9/h1-2,5-6,9,13H,3-4,7-8H2/t9-/m1/s1. The second-order valence-electron chi connectivity index (χ2n) is 4.05. The number of nitrogens with zero attached hydrogens (tertiary/aromatic N) is 1. The summed E-state index contributed by atoms with van der Waals surface area (Å²) < 4.78 is 2.50. The first kappa shape index (κ1) is 10.6. The van der Waals surface area contributed by atoms with Gasteiger partial charge in [-0.05, 0) is 31.5 Å². The van der Waals surface area contributed by atoms with Gasteiger partial charge in [0.25, 0.3) is 0 Å². The van der Waals surface area contributed by atoms with Crippen LogP contribution in [0.3, 0.4) is 0 Å². The fourth-order valence-electron chi connectivity index (χ4n) is 1.98. The summed E-state index contributed by atoms with van der Waals surface area (Å²) in [6, 6.07) is 9.05. The molecule has 1 aliphatic heterocycles. The van der Waals surface area contributed by atoms with E-state index in [1.165, 1.54) is 28.4 Å². The zero-order valence-corrected chi connectivity index (χ0v) is 10.6. The average Bonchev–Trinajstić information content (AvgIpc) is 2.95. The highest BCUT2D eigenvalue weighted by Gasteiger charge is 2.14. The van der Waals surface area contributed by atoms with Crippen LogP contribution in [0.1, 0.15) is 12.8 Å². The van der Waals surface area contributed by atoms with Crippen LogP contribution in [0, 0.1) is 0 Å². The maximum atomic E-state index is 4.63. The Morgan fingerprint density at radius 1 is 1.44 bits per heavy atom. The smallest absolute Gasteiger partial charge is 0.151 e. The number of fused-ring (bicyclic) bond motifs is 1. The molecule has 1 N–H and O–H groups in total. The molecule has 0 amide bonds. The second kappa shape index (κ2) is 4.73. The number of benzene rings is 1. The van der Waals surface area contributed by atoms with Crippen molar-refractivity contribution in [3.05, 3.63) is 24.3 Å². The fourth-order valence-corrected chi connectivity index (χ4v) is 4.18. The first-order valence-corrected chi connectivity index (χ1v) is 7.44. The number of aromatic nitrogens is 1. The van der Waals surface area contributed by atoms with Crippen molar-refractivity contribution in [1.29, 1.82) is 0 Å². The van der Waals surface area contributed by atoms with Crippen LogP contribution in [0.4, 0.5) is 0 Å². The summed E-state index contributed by atoms with van der Waals surface area (Å²) in [5, 5.41) is 3.52. The Balaban J connectivity index is 1.69. The number of rotatable bonds is 3. The maximum absolute atomic E-state index is 4.63. The van der Waals surface area contributed by atoms with Gasteiger partial charge in [-0.25, -0.2) is 4.98 Å². The number of nitrogens with one attached hydrogen (secondary N) is 1. The van der Waals surface area contributed by atoms with Crippen LogP contribution >= 0.6 is 23.1 Å². The highest BCUT2D eigenvalue weighted by molar-refractivity contribution is 8.01. The van der Waals surface area contributed by atoms with E-state index in [-0.39, 0.29) is 0 Å². The van der Waals surface area contributed by atoms with Crippen molar-refractivity contribution < 1.29 is 0 Å². The van der Waals surface area contributed by atoms with E-state index in [4.69, 9.17) is 0 Å². The van der Waals surface area contributed by atoms with Crippen molar-refractivity contribution in [3.63, 3.8) is 0 Å². The van der Waals surface area contributed by atoms with Crippen LogP contribution in [-0.2, 0) is 0 Å². The summed E-state index contributed by atoms with van der Waals surface area (Å²) in [6.07, 6.45) is 2.64. The number of hydrogen-bond donors (Lipinski definition) is 1. The van der Waals surface area contributed by atoms with E-state index in [0.29, 0.717) is 6.04 Å². The SMILES string of the molecule is c1ccc2sc(SC[C@H]3CCCN3)nc2c1. The third kappa shape index (κ3) is 2.24. The lowest BCUT2D eigenvalue weighted by Crippen LogP contribution is -2.23. The van der Waals surface area contributed by atoms with Crippen LogP contribution in [-0.4, -0.2) is 23.3 Å². The number of para-hydroxylation sites is 1. The summed E-state index contributed by atoms with van der Waals surface area (Å²) in [4.78, 5) is 4.63. The predicted molar refractivity (Wildman–Crippen MR) is 71.4 cm³/mol. The highest BCUT2D eigenvalue weighted by Crippen LogP contribution is 2.30. The molecule has 0 unspecified atom stereocenters. The summed E-state index contributed by atoms with van der Waals surface area (Å²) >= 11 is 3.69. The summed E-state index contributed by atoms with van der Waals surface area (Å²) in [5.74, 6) is 1.15. The largest absolute Gasteiger partial charge is 0.313 e. The Hall–Kier alpha value is -0.580. The molecule has 1 aromatic carbocycles. The van der Waals surface area contributed by atoms with Crippen LogP contribution < -0.4 is 5.32 Å². The third-order valence-electron chi connectivity index (χ3n) is 2.84. The first-order valence-electron chi connectivity index (χ1n) is 5.63. The van der Waals surface area contributed by atoms with Crippen LogP contribution in [0.5, 0.6) is 0 Å². The van der Waals surface area contributed by atoms with Crippen molar-refractivity contribution >= 4 is 33.3 Å². The van der Waals surface area contributed by atoms with E-state index in [0.717, 1.165) is 11.3 Å². The molecule has 1 aliphatic rings. The van der Waals surface area contributed by atoms with Gasteiger partial charge in [0.2, 0.25) is 0 Å². The molecule has 0 spiro atoms. The van der Waals surface area contributed by atoms with Crippen LogP contribution in [0.15, 0.2) is 28.6 Å². The van der Waals surface area contributed by atoms with Gasteiger partial charge in [-0.3, -0.25) is 0 Å². The monoisotopic (exact) mass is 250 g/mol. The van der Waals surface area contributed by atoms with Gasteiger partial charge in [-0.1, -0.05) is 23.9 Å². The van der Waals surface area contributed by atoms with Crippen molar-refractivity contribution in [1.82, 2.24) is 10.3 Å². The molecule has 0 radical (unpaired) electrons. The highest BCUT2D eigenvalue weighted by atomic mass is 32.2. The molecule has 1 atom stereocenters. The molecule has 0 bridgehead atoms. The number of thiazole rings is 1. The fraction of sp³-hybridized carbons (Fsp3) is 0.417. The molecule has 0 aliphatic carbocycles. The predicted octanol–water partition coefficient (Wildman–Crippen LogP) is 3.14. The Kier molecular flexibility index (Phi) is 3.13. The molecule has 2 heterocycles. The molecule has 2 aromatic rings. The van der Waals surface area contributed by atoms with E-state index >= 15 is 0 Å². The Morgan fingerprint density at radius 3 is 3.19 bits per heavy atom. The van der Waals surface area contributed by atoms with Crippen LogP contribution in [0.2, 0.25) is 0 Å². The zero-order valence-electron chi connectivity index (χ0n) is 8.98. The molecule has 3 rings (SSSR count). The molecule has 4 heteroatoms. The van der Waals surface area contributed by atoms with Crippen molar-refractivity contribution in [3.8, 4) is 0 Å². The van der Waals surface area contributed by atoms with E-state index in [2.05, 4.69) is 34.6 Å². The van der Waals surface area contributed by atoms with Gasteiger partial charge in [-0.15, -0.1) is 11.3 Å². The summed E-state index contributed by atoms with van der Waals surface area (Å²) in [6.45, 7) is 1.19. The topological polar surface area (TPSA) is 24.9 Å². The summed E-state index contributed by atoms with van der Waals surface area (Å²) in [5.41, 5.74) is 1.13.